The lowest BCUT2D eigenvalue weighted by Gasteiger charge is -2.18. The third-order valence-electron chi connectivity index (χ3n) is 3.94. The molecule has 3 nitrogen and oxygen atoms in total. The molecule has 3 rings (SSSR count). The van der Waals surface area contributed by atoms with Gasteiger partial charge in [-0.1, -0.05) is 23.8 Å². The molecule has 0 atom stereocenters. The molecule has 1 aliphatic heterocycles. The van der Waals surface area contributed by atoms with Crippen molar-refractivity contribution in [1.82, 2.24) is 0 Å². The Labute approximate surface area is 118 Å². The van der Waals surface area contributed by atoms with Crippen LogP contribution in [0.2, 0.25) is 0 Å². The Kier molecular flexibility index (Phi) is 2.78. The zero-order chi connectivity index (χ0) is 14.4. The zero-order valence-electron chi connectivity index (χ0n) is 11.9. The van der Waals surface area contributed by atoms with Gasteiger partial charge in [0.05, 0.1) is 12.1 Å². The van der Waals surface area contributed by atoms with Crippen molar-refractivity contribution in [3.05, 3.63) is 47.0 Å². The van der Waals surface area contributed by atoms with E-state index in [2.05, 4.69) is 18.2 Å². The summed E-state index contributed by atoms with van der Waals surface area (Å²) in [4.78, 5) is 13.9. The number of anilines is 1. The lowest BCUT2D eigenvalue weighted by molar-refractivity contribution is -0.117. The Balaban J connectivity index is 2.35. The Bertz CT molecular complexity index is 719. The highest BCUT2D eigenvalue weighted by atomic mass is 16.3. The fourth-order valence-electron chi connectivity index (χ4n) is 2.73. The molecule has 0 unspecified atom stereocenters. The second-order valence-electron chi connectivity index (χ2n) is 5.45. The van der Waals surface area contributed by atoms with Crippen LogP contribution in [0, 0.1) is 13.8 Å². The van der Waals surface area contributed by atoms with Gasteiger partial charge < -0.3 is 10.0 Å². The highest BCUT2D eigenvalue weighted by Crippen LogP contribution is 2.40. The van der Waals surface area contributed by atoms with Crippen molar-refractivity contribution < 1.29 is 9.90 Å². The molecule has 1 heterocycles. The minimum atomic E-state index is 0.0406. The number of carbonyl (C=O) groups is 1. The number of hydrogen-bond acceptors (Lipinski definition) is 2. The summed E-state index contributed by atoms with van der Waals surface area (Å²) in [7, 11) is 1.76. The van der Waals surface area contributed by atoms with Crippen molar-refractivity contribution in [3.8, 4) is 16.9 Å². The van der Waals surface area contributed by atoms with Gasteiger partial charge in [0.25, 0.3) is 0 Å². The Morgan fingerprint density at radius 3 is 2.60 bits per heavy atom. The molecule has 0 saturated carbocycles. The van der Waals surface area contributed by atoms with Gasteiger partial charge in [0.1, 0.15) is 5.75 Å². The molecular formula is C17H17NO2. The Morgan fingerprint density at radius 1 is 1.10 bits per heavy atom. The molecule has 0 aliphatic carbocycles. The van der Waals surface area contributed by atoms with E-state index in [9.17, 15) is 9.90 Å². The number of phenols is 1. The van der Waals surface area contributed by atoms with Gasteiger partial charge in [0.2, 0.25) is 5.91 Å². The summed E-state index contributed by atoms with van der Waals surface area (Å²) < 4.78 is 0. The van der Waals surface area contributed by atoms with E-state index in [1.165, 1.54) is 0 Å². The van der Waals surface area contributed by atoms with Gasteiger partial charge in [-0.05, 0) is 36.6 Å². The molecule has 20 heavy (non-hydrogen) atoms. The van der Waals surface area contributed by atoms with Gasteiger partial charge in [-0.2, -0.15) is 0 Å². The van der Waals surface area contributed by atoms with Gasteiger partial charge >= 0.3 is 0 Å². The number of fused-ring (bicyclic) bond motifs is 3. The molecule has 0 radical (unpaired) electrons. The SMILES string of the molecule is Cc1ccc2c(c1)CC(=O)N(C)c1cc(O)c(C)cc1-2. The van der Waals surface area contributed by atoms with Gasteiger partial charge in [-0.25, -0.2) is 0 Å². The van der Waals surface area contributed by atoms with Crippen LogP contribution in [-0.4, -0.2) is 18.1 Å². The summed E-state index contributed by atoms with van der Waals surface area (Å²) in [5.74, 6) is 0.262. The number of nitrogens with zero attached hydrogens (tertiary/aromatic N) is 1. The van der Waals surface area contributed by atoms with E-state index >= 15 is 0 Å². The highest BCUT2D eigenvalue weighted by Gasteiger charge is 2.24. The van der Waals surface area contributed by atoms with Crippen molar-refractivity contribution >= 4 is 11.6 Å². The lowest BCUT2D eigenvalue weighted by atomic mass is 9.95. The smallest absolute Gasteiger partial charge is 0.231 e. The van der Waals surface area contributed by atoms with Crippen molar-refractivity contribution in [2.75, 3.05) is 11.9 Å². The third kappa shape index (κ3) is 1.86. The van der Waals surface area contributed by atoms with Crippen LogP contribution in [0.5, 0.6) is 5.75 Å². The van der Waals surface area contributed by atoms with E-state index in [-0.39, 0.29) is 11.7 Å². The first-order valence-corrected chi connectivity index (χ1v) is 6.67. The van der Waals surface area contributed by atoms with Crippen LogP contribution in [0.25, 0.3) is 11.1 Å². The second kappa shape index (κ2) is 4.37. The topological polar surface area (TPSA) is 40.5 Å². The van der Waals surface area contributed by atoms with E-state index in [4.69, 9.17) is 0 Å². The summed E-state index contributed by atoms with van der Waals surface area (Å²) in [6, 6.07) is 9.82. The number of benzene rings is 2. The molecule has 1 N–H and O–H groups in total. The summed E-state index contributed by atoms with van der Waals surface area (Å²) >= 11 is 0. The van der Waals surface area contributed by atoms with Crippen LogP contribution in [0.4, 0.5) is 5.69 Å². The molecule has 0 aromatic heterocycles. The summed E-state index contributed by atoms with van der Waals surface area (Å²) in [5, 5.41) is 9.93. The standard InChI is InChI=1S/C17H17NO2/c1-10-4-5-13-12(6-10)8-17(20)18(3)15-9-16(19)11(2)7-14(13)15/h4-7,9,19H,8H2,1-3H3. The normalized spacial score (nSPS) is 13.8. The first kappa shape index (κ1) is 12.7. The predicted octanol–water partition coefficient (Wildman–Crippen LogP) is 3.19. The van der Waals surface area contributed by atoms with Crippen molar-refractivity contribution in [2.45, 2.75) is 20.3 Å². The van der Waals surface area contributed by atoms with E-state index in [0.29, 0.717) is 6.42 Å². The van der Waals surface area contributed by atoms with Crippen LogP contribution < -0.4 is 4.90 Å². The number of amides is 1. The van der Waals surface area contributed by atoms with E-state index in [1.807, 2.05) is 19.9 Å². The van der Waals surface area contributed by atoms with Crippen LogP contribution >= 0.6 is 0 Å². The maximum Gasteiger partial charge on any atom is 0.231 e. The zero-order valence-corrected chi connectivity index (χ0v) is 11.9. The van der Waals surface area contributed by atoms with Gasteiger partial charge in [0, 0.05) is 18.7 Å². The number of hydrogen-bond donors (Lipinski definition) is 1. The monoisotopic (exact) mass is 267 g/mol. The maximum atomic E-state index is 12.3. The van der Waals surface area contributed by atoms with E-state index < -0.39 is 0 Å². The number of phenolic OH excluding ortho intramolecular Hbond substituents is 1. The minimum Gasteiger partial charge on any atom is -0.508 e. The number of aryl methyl sites for hydroxylation is 2. The molecule has 0 spiro atoms. The molecular weight excluding hydrogens is 250 g/mol. The predicted molar refractivity (Wildman–Crippen MR) is 80.1 cm³/mol. The molecule has 1 amide bonds. The van der Waals surface area contributed by atoms with Crippen LogP contribution in [0.3, 0.4) is 0 Å². The first-order valence-electron chi connectivity index (χ1n) is 6.67. The largest absolute Gasteiger partial charge is 0.508 e. The first-order chi connectivity index (χ1) is 9.47. The molecule has 0 bridgehead atoms. The fourth-order valence-corrected chi connectivity index (χ4v) is 2.73. The average Bonchev–Trinajstić information content (AvgIpc) is 2.49. The molecule has 2 aromatic carbocycles. The number of aromatic hydroxyl groups is 1. The van der Waals surface area contributed by atoms with Gasteiger partial charge in [-0.3, -0.25) is 4.79 Å². The summed E-state index contributed by atoms with van der Waals surface area (Å²) in [5.41, 5.74) is 5.86. The highest BCUT2D eigenvalue weighted by molar-refractivity contribution is 6.02. The van der Waals surface area contributed by atoms with Crippen molar-refractivity contribution in [2.24, 2.45) is 0 Å². The van der Waals surface area contributed by atoms with Crippen LogP contribution in [0.15, 0.2) is 30.3 Å². The van der Waals surface area contributed by atoms with E-state index in [1.54, 1.807) is 18.0 Å². The molecule has 1 aliphatic rings. The van der Waals surface area contributed by atoms with Crippen LogP contribution in [-0.2, 0) is 11.2 Å². The average molecular weight is 267 g/mol. The third-order valence-corrected chi connectivity index (χ3v) is 3.94. The molecule has 102 valence electrons. The van der Waals surface area contributed by atoms with Crippen molar-refractivity contribution in [3.63, 3.8) is 0 Å². The number of rotatable bonds is 0. The quantitative estimate of drug-likeness (QED) is 0.796. The van der Waals surface area contributed by atoms with Crippen LogP contribution in [0.1, 0.15) is 16.7 Å². The fraction of sp³-hybridized carbons (Fsp3) is 0.235. The molecule has 0 fully saturated rings. The van der Waals surface area contributed by atoms with Gasteiger partial charge in [-0.15, -0.1) is 0 Å². The number of carbonyl (C=O) groups excluding carboxylic acids is 1. The molecule has 3 heteroatoms. The Hall–Kier alpha value is -2.29. The summed E-state index contributed by atoms with van der Waals surface area (Å²) in [6.45, 7) is 3.90. The molecule has 0 saturated heterocycles. The minimum absolute atomic E-state index is 0.0406. The van der Waals surface area contributed by atoms with E-state index in [0.717, 1.165) is 33.5 Å². The second-order valence-corrected chi connectivity index (χ2v) is 5.45. The van der Waals surface area contributed by atoms with Gasteiger partial charge in [0.15, 0.2) is 0 Å². The van der Waals surface area contributed by atoms with Crippen molar-refractivity contribution in [1.29, 1.82) is 0 Å². The number of likely N-dealkylation sites (N-methyl/N-ethyl adjacent to an activating group) is 1. The Morgan fingerprint density at radius 2 is 1.85 bits per heavy atom. The summed E-state index contributed by atoms with van der Waals surface area (Å²) in [6.07, 6.45) is 0.391. The lowest BCUT2D eigenvalue weighted by Crippen LogP contribution is -2.26. The molecule has 2 aromatic rings. The maximum absolute atomic E-state index is 12.3.